The molecule has 1 aromatic rings. The van der Waals surface area contributed by atoms with Gasteiger partial charge < -0.3 is 5.11 Å². The number of hydrogen-bond acceptors (Lipinski definition) is 3. The highest BCUT2D eigenvalue weighted by molar-refractivity contribution is 7.99. The van der Waals surface area contributed by atoms with Crippen molar-refractivity contribution in [3.8, 4) is 5.75 Å². The van der Waals surface area contributed by atoms with Gasteiger partial charge in [0.1, 0.15) is 0 Å². The van der Waals surface area contributed by atoms with E-state index in [0.717, 1.165) is 12.2 Å². The molecule has 2 rings (SSSR count). The summed E-state index contributed by atoms with van der Waals surface area (Å²) in [5.41, 5.74) is 0. The average molecular weight is 205 g/mol. The summed E-state index contributed by atoms with van der Waals surface area (Å²) in [6, 6.07) is 0. The maximum Gasteiger partial charge on any atom is 0.173 e. The van der Waals surface area contributed by atoms with Crippen molar-refractivity contribution in [2.24, 2.45) is 0 Å². The highest BCUT2D eigenvalue weighted by Crippen LogP contribution is 2.38. The van der Waals surface area contributed by atoms with Crippen LogP contribution in [-0.2, 0) is 0 Å². The van der Waals surface area contributed by atoms with Crippen molar-refractivity contribution in [3.63, 3.8) is 0 Å². The Morgan fingerprint density at radius 2 is 2.58 bits per heavy atom. The Balaban J connectivity index is 2.26. The van der Waals surface area contributed by atoms with Gasteiger partial charge in [0.2, 0.25) is 0 Å². The van der Waals surface area contributed by atoms with Gasteiger partial charge in [-0.1, -0.05) is 11.6 Å². The molecule has 0 saturated carbocycles. The number of thioether (sulfide) groups is 1. The van der Waals surface area contributed by atoms with E-state index in [1.165, 1.54) is 12.6 Å². The maximum atomic E-state index is 9.18. The second kappa shape index (κ2) is 3.18. The van der Waals surface area contributed by atoms with E-state index in [4.69, 9.17) is 11.6 Å². The molecule has 0 aliphatic carbocycles. The zero-order valence-electron chi connectivity index (χ0n) is 6.40. The molecule has 5 heteroatoms. The van der Waals surface area contributed by atoms with Gasteiger partial charge in [-0.05, 0) is 18.6 Å². The summed E-state index contributed by atoms with van der Waals surface area (Å²) in [5, 5.41) is 13.9. The molecule has 1 N–H and O–H groups in total. The van der Waals surface area contributed by atoms with Crippen LogP contribution in [0.15, 0.2) is 6.20 Å². The summed E-state index contributed by atoms with van der Waals surface area (Å²) in [7, 11) is 0. The zero-order chi connectivity index (χ0) is 8.55. The van der Waals surface area contributed by atoms with Gasteiger partial charge in [0, 0.05) is 0 Å². The van der Waals surface area contributed by atoms with E-state index in [1.807, 2.05) is 11.8 Å². The third kappa shape index (κ3) is 1.29. The second-order valence-corrected chi connectivity index (χ2v) is 4.38. The van der Waals surface area contributed by atoms with Crippen LogP contribution in [0.5, 0.6) is 5.75 Å². The molecule has 0 amide bonds. The molecule has 1 aromatic heterocycles. The van der Waals surface area contributed by atoms with Gasteiger partial charge in [0.25, 0.3) is 0 Å². The Morgan fingerprint density at radius 1 is 1.75 bits per heavy atom. The molecule has 1 fully saturated rings. The normalized spacial score (nSPS) is 23.2. The number of aromatic nitrogens is 2. The van der Waals surface area contributed by atoms with E-state index in [0.29, 0.717) is 10.5 Å². The summed E-state index contributed by atoms with van der Waals surface area (Å²) in [6.45, 7) is 0. The fourth-order valence-electron chi connectivity index (χ4n) is 1.29. The Kier molecular flexibility index (Phi) is 2.19. The first-order chi connectivity index (χ1) is 5.79. The lowest BCUT2D eigenvalue weighted by Crippen LogP contribution is -2.03. The lowest BCUT2D eigenvalue weighted by atomic mass is 10.3. The Bertz CT molecular complexity index is 283. The third-order valence-electron chi connectivity index (χ3n) is 1.90. The van der Waals surface area contributed by atoms with E-state index >= 15 is 0 Å². The highest BCUT2D eigenvalue weighted by Gasteiger charge is 2.21. The largest absolute Gasteiger partial charge is 0.504 e. The second-order valence-electron chi connectivity index (χ2n) is 2.73. The molecule has 0 aromatic carbocycles. The fraction of sp³-hybridized carbons (Fsp3) is 0.571. The van der Waals surface area contributed by atoms with Crippen LogP contribution < -0.4 is 0 Å². The Morgan fingerprint density at radius 3 is 3.08 bits per heavy atom. The summed E-state index contributed by atoms with van der Waals surface area (Å²) in [4.78, 5) is 0. The Hall–Kier alpha value is -0.350. The van der Waals surface area contributed by atoms with Gasteiger partial charge in [0.05, 0.1) is 11.6 Å². The first-order valence-corrected chi connectivity index (χ1v) is 5.25. The number of rotatable bonds is 1. The maximum absolute atomic E-state index is 9.18. The van der Waals surface area contributed by atoms with Crippen LogP contribution in [-0.4, -0.2) is 20.6 Å². The van der Waals surface area contributed by atoms with Crippen molar-refractivity contribution in [2.45, 2.75) is 18.2 Å². The van der Waals surface area contributed by atoms with Crippen LogP contribution in [0.25, 0.3) is 0 Å². The van der Waals surface area contributed by atoms with Crippen LogP contribution in [0, 0.1) is 0 Å². The monoisotopic (exact) mass is 204 g/mol. The molecule has 0 radical (unpaired) electrons. The number of nitrogens with zero attached hydrogens (tertiary/aromatic N) is 2. The standard InChI is InChI=1S/C7H9ClN2OS/c8-7-5(11)4-9-10(7)6-2-1-3-12-6/h4,6,11H,1-3H2. The molecular formula is C7H9ClN2OS. The van der Waals surface area contributed by atoms with E-state index < -0.39 is 0 Å². The van der Waals surface area contributed by atoms with Gasteiger partial charge in [-0.25, -0.2) is 4.68 Å². The fourth-order valence-corrected chi connectivity index (χ4v) is 2.80. The lowest BCUT2D eigenvalue weighted by molar-refractivity contribution is 0.473. The van der Waals surface area contributed by atoms with Crippen molar-refractivity contribution in [1.29, 1.82) is 0 Å². The predicted octanol–water partition coefficient (Wildman–Crippen LogP) is 2.27. The van der Waals surface area contributed by atoms with Crippen molar-refractivity contribution >= 4 is 23.4 Å². The predicted molar refractivity (Wildman–Crippen MR) is 49.6 cm³/mol. The van der Waals surface area contributed by atoms with Gasteiger partial charge >= 0.3 is 0 Å². The van der Waals surface area contributed by atoms with Crippen LogP contribution in [0.1, 0.15) is 18.2 Å². The molecule has 1 aliphatic rings. The average Bonchev–Trinajstić information content (AvgIpc) is 2.64. The van der Waals surface area contributed by atoms with Gasteiger partial charge in [-0.2, -0.15) is 5.10 Å². The van der Waals surface area contributed by atoms with Gasteiger partial charge in [0.15, 0.2) is 10.9 Å². The summed E-state index contributed by atoms with van der Waals surface area (Å²) in [5.74, 6) is 1.23. The first-order valence-electron chi connectivity index (χ1n) is 3.82. The third-order valence-corrected chi connectivity index (χ3v) is 3.61. The SMILES string of the molecule is Oc1cnn(C2CCCS2)c1Cl. The molecule has 12 heavy (non-hydrogen) atoms. The van der Waals surface area contributed by atoms with Crippen molar-refractivity contribution in [3.05, 3.63) is 11.3 Å². The molecule has 1 atom stereocenters. The molecule has 2 heterocycles. The van der Waals surface area contributed by atoms with Crippen molar-refractivity contribution < 1.29 is 5.11 Å². The minimum absolute atomic E-state index is 0.0733. The molecule has 1 unspecified atom stereocenters. The number of aromatic hydroxyl groups is 1. The number of hydrogen-bond donors (Lipinski definition) is 1. The summed E-state index contributed by atoms with van der Waals surface area (Å²) >= 11 is 7.65. The van der Waals surface area contributed by atoms with Crippen LogP contribution >= 0.6 is 23.4 Å². The van der Waals surface area contributed by atoms with E-state index in [9.17, 15) is 5.11 Å². The lowest BCUT2D eigenvalue weighted by Gasteiger charge is -2.09. The zero-order valence-corrected chi connectivity index (χ0v) is 7.98. The molecule has 3 nitrogen and oxygen atoms in total. The minimum atomic E-state index is 0.0733. The highest BCUT2D eigenvalue weighted by atomic mass is 35.5. The van der Waals surface area contributed by atoms with Gasteiger partial charge in [-0.15, -0.1) is 11.8 Å². The van der Waals surface area contributed by atoms with Crippen LogP contribution in [0.2, 0.25) is 5.15 Å². The van der Waals surface area contributed by atoms with Crippen LogP contribution in [0.4, 0.5) is 0 Å². The molecule has 1 aliphatic heterocycles. The molecule has 0 bridgehead atoms. The van der Waals surface area contributed by atoms with Crippen molar-refractivity contribution in [2.75, 3.05) is 5.75 Å². The van der Waals surface area contributed by atoms with E-state index in [2.05, 4.69) is 5.10 Å². The smallest absolute Gasteiger partial charge is 0.173 e. The first kappa shape index (κ1) is 8.26. The topological polar surface area (TPSA) is 38.1 Å². The summed E-state index contributed by atoms with van der Waals surface area (Å²) in [6.07, 6.45) is 3.68. The molecule has 1 saturated heterocycles. The van der Waals surface area contributed by atoms with E-state index in [-0.39, 0.29) is 5.75 Å². The summed E-state index contributed by atoms with van der Waals surface area (Å²) < 4.78 is 1.69. The molecule has 66 valence electrons. The Labute approximate surface area is 79.7 Å². The minimum Gasteiger partial charge on any atom is -0.504 e. The van der Waals surface area contributed by atoms with Crippen LogP contribution in [0.3, 0.4) is 0 Å². The quantitative estimate of drug-likeness (QED) is 0.763. The molecular weight excluding hydrogens is 196 g/mol. The van der Waals surface area contributed by atoms with Crippen molar-refractivity contribution in [1.82, 2.24) is 9.78 Å². The number of halogens is 1. The van der Waals surface area contributed by atoms with Gasteiger partial charge in [-0.3, -0.25) is 0 Å². The molecule has 0 spiro atoms. The van der Waals surface area contributed by atoms with E-state index in [1.54, 1.807) is 4.68 Å².